The predicted molar refractivity (Wildman–Crippen MR) is 121 cm³/mol. The number of aromatic amines is 2. The van der Waals surface area contributed by atoms with Gasteiger partial charge in [-0.1, -0.05) is 11.6 Å². The molecule has 1 fully saturated rings. The molecule has 9 heteroatoms. The maximum Gasteiger partial charge on any atom is 0.326 e. The molecule has 2 aromatic heterocycles. The fraction of sp³-hybridized carbons (Fsp3) is 0.364. The third-order valence-electron chi connectivity index (χ3n) is 6.21. The molecule has 1 saturated heterocycles. The molecular weight excluding hydrogens is 418 g/mol. The number of nitrogens with zero attached hydrogens (tertiary/aromatic N) is 3. The number of fused-ring (bicyclic) bond motifs is 2. The second-order valence-electron chi connectivity index (χ2n) is 8.17. The number of H-pyrrole nitrogens is 2. The summed E-state index contributed by atoms with van der Waals surface area (Å²) in [4.78, 5) is 32.8. The largest absolute Gasteiger partial charge is 0.508 e. The van der Waals surface area contributed by atoms with E-state index in [1.165, 1.54) is 0 Å². The molecule has 0 atom stereocenters. The number of hydrogen-bond acceptors (Lipinski definition) is 4. The number of aromatic hydroxyl groups is 1. The van der Waals surface area contributed by atoms with Crippen LogP contribution < -0.4 is 11.4 Å². The Morgan fingerprint density at radius 2 is 1.65 bits per heavy atom. The average molecular weight is 442 g/mol. The molecule has 2 aromatic carbocycles. The van der Waals surface area contributed by atoms with Gasteiger partial charge in [-0.05, 0) is 56.1 Å². The Morgan fingerprint density at radius 3 is 2.45 bits per heavy atom. The van der Waals surface area contributed by atoms with Crippen LogP contribution >= 0.6 is 11.6 Å². The molecule has 0 unspecified atom stereocenters. The maximum absolute atomic E-state index is 12.5. The molecule has 5 rings (SSSR count). The molecule has 0 spiro atoms. The van der Waals surface area contributed by atoms with Gasteiger partial charge in [0, 0.05) is 36.8 Å². The number of rotatable bonds is 5. The molecule has 0 amide bonds. The summed E-state index contributed by atoms with van der Waals surface area (Å²) in [6, 6.07) is 10.6. The van der Waals surface area contributed by atoms with E-state index in [9.17, 15) is 14.7 Å². The van der Waals surface area contributed by atoms with E-state index in [4.69, 9.17) is 11.6 Å². The molecule has 31 heavy (non-hydrogen) atoms. The van der Waals surface area contributed by atoms with Gasteiger partial charge in [0.25, 0.3) is 0 Å². The number of piperidine rings is 1. The van der Waals surface area contributed by atoms with Gasteiger partial charge in [0.2, 0.25) is 0 Å². The Hall–Kier alpha value is -2.97. The third-order valence-corrected chi connectivity index (χ3v) is 6.45. The van der Waals surface area contributed by atoms with Crippen molar-refractivity contribution in [3.63, 3.8) is 0 Å². The van der Waals surface area contributed by atoms with E-state index in [0.29, 0.717) is 17.1 Å². The summed E-state index contributed by atoms with van der Waals surface area (Å²) in [6.07, 6.45) is 2.66. The highest BCUT2D eigenvalue weighted by molar-refractivity contribution is 6.31. The van der Waals surface area contributed by atoms with Crippen molar-refractivity contribution in [2.24, 2.45) is 0 Å². The van der Waals surface area contributed by atoms with Gasteiger partial charge in [0.1, 0.15) is 5.75 Å². The van der Waals surface area contributed by atoms with E-state index in [-0.39, 0.29) is 23.2 Å². The quantitative estimate of drug-likeness (QED) is 0.443. The van der Waals surface area contributed by atoms with Crippen molar-refractivity contribution in [2.45, 2.75) is 31.8 Å². The minimum atomic E-state index is -0.155. The minimum absolute atomic E-state index is 0.0829. The van der Waals surface area contributed by atoms with Crippen LogP contribution in [-0.4, -0.2) is 48.7 Å². The van der Waals surface area contributed by atoms with Gasteiger partial charge in [-0.2, -0.15) is 0 Å². The molecule has 0 saturated carbocycles. The molecule has 1 aliphatic heterocycles. The Kier molecular flexibility index (Phi) is 5.11. The van der Waals surface area contributed by atoms with Crippen molar-refractivity contribution in [1.82, 2.24) is 24.0 Å². The van der Waals surface area contributed by atoms with Crippen LogP contribution in [0.3, 0.4) is 0 Å². The summed E-state index contributed by atoms with van der Waals surface area (Å²) in [5.74, 6) is 0.140. The number of phenolic OH excluding ortho intramolecular Hbond substituents is 1. The first-order valence-electron chi connectivity index (χ1n) is 10.5. The number of aromatic nitrogens is 4. The van der Waals surface area contributed by atoms with Crippen LogP contribution in [0.1, 0.15) is 25.3 Å². The first-order chi connectivity index (χ1) is 15.0. The second kappa shape index (κ2) is 7.94. The SMILES string of the molecule is O=c1[nH]c2cc(O)ccc2n1CCCN1CCC(n2c(=O)[nH]c3cc(Cl)ccc32)CC1. The first-order valence-corrected chi connectivity index (χ1v) is 10.9. The number of aryl methyl sites for hydroxylation is 1. The molecule has 4 aromatic rings. The lowest BCUT2D eigenvalue weighted by molar-refractivity contribution is 0.183. The van der Waals surface area contributed by atoms with Crippen molar-refractivity contribution < 1.29 is 5.11 Å². The van der Waals surface area contributed by atoms with Crippen molar-refractivity contribution in [3.8, 4) is 5.75 Å². The van der Waals surface area contributed by atoms with Gasteiger partial charge in [-0.25, -0.2) is 9.59 Å². The molecule has 162 valence electrons. The Morgan fingerprint density at radius 1 is 0.935 bits per heavy atom. The highest BCUT2D eigenvalue weighted by Crippen LogP contribution is 2.26. The van der Waals surface area contributed by atoms with Crippen LogP contribution in [0.15, 0.2) is 46.0 Å². The van der Waals surface area contributed by atoms with E-state index in [0.717, 1.165) is 55.4 Å². The Bertz CT molecular complexity index is 1350. The molecular formula is C22H24ClN5O3. The van der Waals surface area contributed by atoms with Gasteiger partial charge < -0.3 is 20.0 Å². The third kappa shape index (κ3) is 3.77. The van der Waals surface area contributed by atoms with Gasteiger partial charge in [-0.3, -0.25) is 9.13 Å². The molecule has 0 bridgehead atoms. The molecule has 8 nitrogen and oxygen atoms in total. The summed E-state index contributed by atoms with van der Waals surface area (Å²) in [5.41, 5.74) is 2.89. The maximum atomic E-state index is 12.5. The van der Waals surface area contributed by atoms with E-state index in [1.54, 1.807) is 28.8 Å². The van der Waals surface area contributed by atoms with E-state index >= 15 is 0 Å². The lowest BCUT2D eigenvalue weighted by Gasteiger charge is -2.32. The van der Waals surface area contributed by atoms with Gasteiger partial charge >= 0.3 is 11.4 Å². The van der Waals surface area contributed by atoms with E-state index < -0.39 is 0 Å². The standard InChI is InChI=1S/C22H24ClN5O3/c23-14-2-4-20-17(12-14)25-22(31)28(20)15-6-10-26(11-7-15)8-1-9-27-19-5-3-16(29)13-18(19)24-21(27)30/h2-5,12-13,15,29H,1,6-11H2,(H,24,30)(H,25,31). The Labute approximate surface area is 182 Å². The molecule has 0 radical (unpaired) electrons. The number of phenols is 1. The normalized spacial score (nSPS) is 15.9. The van der Waals surface area contributed by atoms with Crippen molar-refractivity contribution in [3.05, 3.63) is 62.4 Å². The second-order valence-corrected chi connectivity index (χ2v) is 8.61. The predicted octanol–water partition coefficient (Wildman–Crippen LogP) is 3.06. The van der Waals surface area contributed by atoms with Crippen LogP contribution in [0.2, 0.25) is 5.02 Å². The van der Waals surface area contributed by atoms with E-state index in [2.05, 4.69) is 14.9 Å². The smallest absolute Gasteiger partial charge is 0.326 e. The van der Waals surface area contributed by atoms with Crippen LogP contribution in [0.4, 0.5) is 0 Å². The van der Waals surface area contributed by atoms with Crippen LogP contribution in [0, 0.1) is 0 Å². The zero-order valence-electron chi connectivity index (χ0n) is 17.0. The summed E-state index contributed by atoms with van der Waals surface area (Å²) in [6.45, 7) is 3.33. The molecule has 3 N–H and O–H groups in total. The van der Waals surface area contributed by atoms with Gasteiger partial charge in [-0.15, -0.1) is 0 Å². The lowest BCUT2D eigenvalue weighted by atomic mass is 10.0. The topological polar surface area (TPSA) is 99.0 Å². The van der Waals surface area contributed by atoms with Crippen LogP contribution in [0.5, 0.6) is 5.75 Å². The Balaban J connectivity index is 1.21. The minimum Gasteiger partial charge on any atom is -0.508 e. The monoisotopic (exact) mass is 441 g/mol. The summed E-state index contributed by atoms with van der Waals surface area (Å²) < 4.78 is 3.59. The van der Waals surface area contributed by atoms with E-state index in [1.807, 2.05) is 16.7 Å². The summed E-state index contributed by atoms with van der Waals surface area (Å²) in [5, 5.41) is 10.2. The number of hydrogen-bond donors (Lipinski definition) is 3. The summed E-state index contributed by atoms with van der Waals surface area (Å²) >= 11 is 6.05. The zero-order valence-corrected chi connectivity index (χ0v) is 17.7. The first kappa shape index (κ1) is 20.0. The van der Waals surface area contributed by atoms with Crippen molar-refractivity contribution in [1.29, 1.82) is 0 Å². The highest BCUT2D eigenvalue weighted by Gasteiger charge is 2.23. The van der Waals surface area contributed by atoms with Crippen molar-refractivity contribution in [2.75, 3.05) is 19.6 Å². The summed E-state index contributed by atoms with van der Waals surface area (Å²) in [7, 11) is 0. The van der Waals surface area contributed by atoms with Crippen LogP contribution in [0.25, 0.3) is 22.1 Å². The van der Waals surface area contributed by atoms with Gasteiger partial charge in [0.05, 0.1) is 22.1 Å². The van der Waals surface area contributed by atoms with Crippen LogP contribution in [-0.2, 0) is 6.54 Å². The number of halogens is 1. The number of likely N-dealkylation sites (tertiary alicyclic amines) is 1. The zero-order chi connectivity index (χ0) is 21.5. The average Bonchev–Trinajstić information content (AvgIpc) is 3.23. The molecule has 1 aliphatic rings. The highest BCUT2D eigenvalue weighted by atomic mass is 35.5. The fourth-order valence-electron chi connectivity index (χ4n) is 4.69. The fourth-order valence-corrected chi connectivity index (χ4v) is 4.87. The number of imidazole rings is 2. The molecule has 0 aliphatic carbocycles. The lowest BCUT2D eigenvalue weighted by Crippen LogP contribution is -2.37. The van der Waals surface area contributed by atoms with Crippen molar-refractivity contribution >= 4 is 33.7 Å². The number of benzene rings is 2. The number of nitrogens with one attached hydrogen (secondary N) is 2. The van der Waals surface area contributed by atoms with Gasteiger partial charge in [0.15, 0.2) is 0 Å². The molecule has 3 heterocycles.